The van der Waals surface area contributed by atoms with Gasteiger partial charge in [-0.1, -0.05) is 30.1 Å². The van der Waals surface area contributed by atoms with Gasteiger partial charge in [0.2, 0.25) is 0 Å². The van der Waals surface area contributed by atoms with Crippen LogP contribution < -0.4 is 10.1 Å². The molecule has 7 heteroatoms. The lowest BCUT2D eigenvalue weighted by molar-refractivity contribution is 0.226. The van der Waals surface area contributed by atoms with Crippen molar-refractivity contribution < 1.29 is 13.2 Å². The molecule has 1 unspecified atom stereocenters. The Morgan fingerprint density at radius 2 is 2.14 bits per heavy atom. The summed E-state index contributed by atoms with van der Waals surface area (Å²) >= 11 is 12.2. The highest BCUT2D eigenvalue weighted by Crippen LogP contribution is 2.34. The van der Waals surface area contributed by atoms with E-state index in [-0.39, 0.29) is 17.6 Å². The van der Waals surface area contributed by atoms with Gasteiger partial charge in [0.1, 0.15) is 11.9 Å². The minimum Gasteiger partial charge on any atom is -0.487 e. The maximum atomic E-state index is 11.5. The zero-order valence-corrected chi connectivity index (χ0v) is 14.2. The van der Waals surface area contributed by atoms with Crippen LogP contribution in [0, 0.1) is 0 Å². The Morgan fingerprint density at radius 3 is 2.76 bits per heavy atom. The highest BCUT2D eigenvalue weighted by Gasteiger charge is 2.30. The van der Waals surface area contributed by atoms with Gasteiger partial charge in [0.15, 0.2) is 9.84 Å². The van der Waals surface area contributed by atoms with E-state index in [0.29, 0.717) is 28.8 Å². The van der Waals surface area contributed by atoms with Gasteiger partial charge >= 0.3 is 0 Å². The van der Waals surface area contributed by atoms with Gasteiger partial charge in [-0.25, -0.2) is 8.42 Å². The second kappa shape index (κ2) is 7.18. The molecule has 1 saturated heterocycles. The van der Waals surface area contributed by atoms with E-state index in [0.717, 1.165) is 18.5 Å². The topological polar surface area (TPSA) is 55.4 Å². The summed E-state index contributed by atoms with van der Waals surface area (Å²) in [6, 6.07) is 3.42. The molecular weight excluding hydrogens is 333 g/mol. The second-order valence-electron chi connectivity index (χ2n) is 5.20. The third-order valence-corrected chi connectivity index (χ3v) is 5.54. The van der Waals surface area contributed by atoms with Gasteiger partial charge in [-0.15, -0.1) is 0 Å². The summed E-state index contributed by atoms with van der Waals surface area (Å²) in [6.45, 7) is 3.54. The summed E-state index contributed by atoms with van der Waals surface area (Å²) < 4.78 is 28.9. The predicted octanol–water partition coefficient (Wildman–Crippen LogP) is 3.06. The van der Waals surface area contributed by atoms with Crippen LogP contribution >= 0.6 is 23.2 Å². The van der Waals surface area contributed by atoms with Gasteiger partial charge in [0, 0.05) is 17.1 Å². The first kappa shape index (κ1) is 16.9. The molecule has 4 nitrogen and oxygen atoms in total. The molecule has 0 bridgehead atoms. The fourth-order valence-corrected chi connectivity index (χ4v) is 4.47. The minimum absolute atomic E-state index is 0.0494. The average molecular weight is 352 g/mol. The van der Waals surface area contributed by atoms with Gasteiger partial charge in [-0.3, -0.25) is 0 Å². The lowest BCUT2D eigenvalue weighted by Crippen LogP contribution is -2.20. The van der Waals surface area contributed by atoms with E-state index in [1.54, 1.807) is 12.1 Å². The molecule has 0 amide bonds. The van der Waals surface area contributed by atoms with Crippen molar-refractivity contribution >= 4 is 33.0 Å². The van der Waals surface area contributed by atoms with E-state index < -0.39 is 9.84 Å². The van der Waals surface area contributed by atoms with Crippen molar-refractivity contribution in [3.8, 4) is 5.75 Å². The molecule has 1 aliphatic heterocycles. The number of rotatable bonds is 6. The van der Waals surface area contributed by atoms with Crippen molar-refractivity contribution in [2.75, 3.05) is 18.1 Å². The van der Waals surface area contributed by atoms with E-state index in [1.807, 2.05) is 0 Å². The number of halogens is 2. The molecule has 1 N–H and O–H groups in total. The number of hydrogen-bond acceptors (Lipinski definition) is 4. The first-order valence-corrected chi connectivity index (χ1v) is 9.54. The Balaban J connectivity index is 2.16. The van der Waals surface area contributed by atoms with Crippen LogP contribution in [0.1, 0.15) is 25.3 Å². The van der Waals surface area contributed by atoms with Crippen LogP contribution in [0.25, 0.3) is 0 Å². The Hall–Kier alpha value is -0.490. The normalized spacial score (nSPS) is 20.6. The molecule has 1 aliphatic rings. The Morgan fingerprint density at radius 1 is 1.38 bits per heavy atom. The first-order chi connectivity index (χ1) is 9.91. The standard InChI is InChI=1S/C14H19Cl2NO3S/c1-2-4-17-8-10-6-11(15)7-13(16)14(10)20-12-3-5-21(18,19)9-12/h6-7,12,17H,2-5,8-9H2,1H3. The summed E-state index contributed by atoms with van der Waals surface area (Å²) in [5.41, 5.74) is 0.852. The zero-order valence-electron chi connectivity index (χ0n) is 11.9. The van der Waals surface area contributed by atoms with Crippen molar-refractivity contribution in [2.45, 2.75) is 32.4 Å². The van der Waals surface area contributed by atoms with Crippen molar-refractivity contribution in [3.63, 3.8) is 0 Å². The van der Waals surface area contributed by atoms with Crippen molar-refractivity contribution in [1.29, 1.82) is 0 Å². The lowest BCUT2D eigenvalue weighted by Gasteiger charge is -2.18. The van der Waals surface area contributed by atoms with E-state index in [9.17, 15) is 8.42 Å². The maximum absolute atomic E-state index is 11.5. The molecule has 1 aromatic rings. The Kier molecular flexibility index (Phi) is 5.77. The van der Waals surface area contributed by atoms with Crippen LogP contribution in [-0.4, -0.2) is 32.6 Å². The molecule has 1 heterocycles. The molecule has 0 spiro atoms. The molecule has 0 radical (unpaired) electrons. The first-order valence-electron chi connectivity index (χ1n) is 6.97. The summed E-state index contributed by atoms with van der Waals surface area (Å²) in [5.74, 6) is 0.756. The molecule has 1 aromatic carbocycles. The molecule has 21 heavy (non-hydrogen) atoms. The van der Waals surface area contributed by atoms with Crippen LogP contribution in [0.2, 0.25) is 10.0 Å². The van der Waals surface area contributed by atoms with Crippen LogP contribution in [0.15, 0.2) is 12.1 Å². The van der Waals surface area contributed by atoms with Crippen LogP contribution in [0.3, 0.4) is 0 Å². The van der Waals surface area contributed by atoms with Crippen molar-refractivity contribution in [1.82, 2.24) is 5.32 Å². The van der Waals surface area contributed by atoms with E-state index in [2.05, 4.69) is 12.2 Å². The molecule has 0 aliphatic carbocycles. The molecule has 1 atom stereocenters. The second-order valence-corrected chi connectivity index (χ2v) is 8.27. The Labute approximate surface area is 135 Å². The summed E-state index contributed by atoms with van der Waals surface area (Å²) in [7, 11) is -2.98. The van der Waals surface area contributed by atoms with Crippen molar-refractivity contribution in [2.24, 2.45) is 0 Å². The number of sulfone groups is 1. The van der Waals surface area contributed by atoms with Crippen molar-refractivity contribution in [3.05, 3.63) is 27.7 Å². The van der Waals surface area contributed by atoms with E-state index in [1.165, 1.54) is 0 Å². The average Bonchev–Trinajstić information content (AvgIpc) is 2.73. The molecule has 1 fully saturated rings. The smallest absolute Gasteiger partial charge is 0.154 e. The van der Waals surface area contributed by atoms with Gasteiger partial charge in [0.25, 0.3) is 0 Å². The summed E-state index contributed by atoms with van der Waals surface area (Å²) in [5, 5.41) is 4.23. The third kappa shape index (κ3) is 4.74. The van der Waals surface area contributed by atoms with Crippen LogP contribution in [0.5, 0.6) is 5.75 Å². The maximum Gasteiger partial charge on any atom is 0.154 e. The monoisotopic (exact) mass is 351 g/mol. The zero-order chi connectivity index (χ0) is 15.5. The highest BCUT2D eigenvalue weighted by molar-refractivity contribution is 7.91. The highest BCUT2D eigenvalue weighted by atomic mass is 35.5. The molecule has 0 saturated carbocycles. The number of nitrogens with one attached hydrogen (secondary N) is 1. The lowest BCUT2D eigenvalue weighted by atomic mass is 10.2. The Bertz CT molecular complexity index is 604. The number of hydrogen-bond donors (Lipinski definition) is 1. The number of ether oxygens (including phenoxy) is 1. The van der Waals surface area contributed by atoms with Gasteiger partial charge in [-0.2, -0.15) is 0 Å². The quantitative estimate of drug-likeness (QED) is 0.800. The van der Waals surface area contributed by atoms with Gasteiger partial charge < -0.3 is 10.1 Å². The van der Waals surface area contributed by atoms with Crippen LogP contribution in [0.4, 0.5) is 0 Å². The fraction of sp³-hybridized carbons (Fsp3) is 0.571. The molecular formula is C14H19Cl2NO3S. The fourth-order valence-electron chi connectivity index (χ4n) is 2.30. The number of benzene rings is 1. The molecule has 118 valence electrons. The third-order valence-electron chi connectivity index (χ3n) is 3.30. The van der Waals surface area contributed by atoms with E-state index in [4.69, 9.17) is 27.9 Å². The minimum atomic E-state index is -2.98. The predicted molar refractivity (Wildman–Crippen MR) is 86.1 cm³/mol. The summed E-state index contributed by atoms with van der Waals surface area (Å²) in [6.07, 6.45) is 1.19. The summed E-state index contributed by atoms with van der Waals surface area (Å²) in [4.78, 5) is 0. The van der Waals surface area contributed by atoms with Gasteiger partial charge in [0.05, 0.1) is 16.5 Å². The van der Waals surface area contributed by atoms with Crippen LogP contribution in [-0.2, 0) is 16.4 Å². The van der Waals surface area contributed by atoms with E-state index >= 15 is 0 Å². The molecule has 2 rings (SSSR count). The largest absolute Gasteiger partial charge is 0.487 e. The van der Waals surface area contributed by atoms with Gasteiger partial charge in [-0.05, 0) is 31.5 Å². The molecule has 0 aromatic heterocycles. The SMILES string of the molecule is CCCNCc1cc(Cl)cc(Cl)c1OC1CCS(=O)(=O)C1.